The fourth-order valence-electron chi connectivity index (χ4n) is 1.54. The van der Waals surface area contributed by atoms with Gasteiger partial charge in [0.1, 0.15) is 6.29 Å². The van der Waals surface area contributed by atoms with Crippen LogP contribution in [0.25, 0.3) is 0 Å². The maximum absolute atomic E-state index is 10.7. The molecule has 0 spiro atoms. The molecule has 0 aromatic rings. The van der Waals surface area contributed by atoms with Gasteiger partial charge in [-0.05, 0) is 31.3 Å². The van der Waals surface area contributed by atoms with E-state index in [-0.39, 0.29) is 0 Å². The van der Waals surface area contributed by atoms with Gasteiger partial charge < -0.3 is 0 Å². The summed E-state index contributed by atoms with van der Waals surface area (Å²) in [7, 11) is 0. The lowest BCUT2D eigenvalue weighted by atomic mass is 10.1. The minimum Gasteiger partial charge on any atom is -0.298 e. The van der Waals surface area contributed by atoms with E-state index in [1.807, 2.05) is 18.2 Å². The monoisotopic (exact) mass is 190 g/mol. The van der Waals surface area contributed by atoms with Crippen LogP contribution in [0.2, 0.25) is 0 Å². The van der Waals surface area contributed by atoms with Gasteiger partial charge in [-0.15, -0.1) is 0 Å². The molecular formula is C13H18O. The fraction of sp³-hybridized carbons (Fsp3) is 0.462. The van der Waals surface area contributed by atoms with Crippen molar-refractivity contribution in [2.45, 2.75) is 38.5 Å². The van der Waals surface area contributed by atoms with Gasteiger partial charge in [0, 0.05) is 0 Å². The molecule has 0 saturated carbocycles. The van der Waals surface area contributed by atoms with Crippen molar-refractivity contribution in [2.75, 3.05) is 0 Å². The first-order chi connectivity index (χ1) is 6.93. The summed E-state index contributed by atoms with van der Waals surface area (Å²) < 4.78 is 0. The fourth-order valence-corrected chi connectivity index (χ4v) is 1.54. The van der Waals surface area contributed by atoms with Crippen molar-refractivity contribution in [1.29, 1.82) is 0 Å². The highest BCUT2D eigenvalue weighted by atomic mass is 16.1. The molecule has 1 heteroatoms. The largest absolute Gasteiger partial charge is 0.298 e. The summed E-state index contributed by atoms with van der Waals surface area (Å²) >= 11 is 0. The van der Waals surface area contributed by atoms with E-state index >= 15 is 0 Å². The van der Waals surface area contributed by atoms with Gasteiger partial charge >= 0.3 is 0 Å². The summed E-state index contributed by atoms with van der Waals surface area (Å²) in [6.07, 6.45) is 18.1. The number of carbonyl (C=O) groups excluding carboxylic acids is 1. The lowest BCUT2D eigenvalue weighted by molar-refractivity contribution is -0.105. The summed E-state index contributed by atoms with van der Waals surface area (Å²) in [5, 5.41) is 0. The van der Waals surface area contributed by atoms with Gasteiger partial charge in [-0.25, -0.2) is 0 Å². The summed E-state index contributed by atoms with van der Waals surface area (Å²) in [6.45, 7) is 0. The van der Waals surface area contributed by atoms with Crippen molar-refractivity contribution < 1.29 is 4.79 Å². The van der Waals surface area contributed by atoms with Crippen LogP contribution in [-0.2, 0) is 4.79 Å². The zero-order valence-corrected chi connectivity index (χ0v) is 8.61. The predicted octanol–water partition coefficient (Wildman–Crippen LogP) is 3.58. The van der Waals surface area contributed by atoms with E-state index in [4.69, 9.17) is 0 Å². The van der Waals surface area contributed by atoms with Crippen LogP contribution in [0.5, 0.6) is 0 Å². The van der Waals surface area contributed by atoms with E-state index in [0.717, 1.165) is 24.7 Å². The Labute approximate surface area is 86.2 Å². The van der Waals surface area contributed by atoms with Gasteiger partial charge in [0.15, 0.2) is 0 Å². The van der Waals surface area contributed by atoms with Crippen LogP contribution in [-0.4, -0.2) is 6.29 Å². The molecule has 0 amide bonds. The standard InChI is InChI=1S/C13H18O/c14-12-13-10-8-6-4-2-1-3-5-7-9-11-13/h2,4,6,8,10,12H,1,3,5,7,9,11H2/b4-2?,8-6?,13-10-. The van der Waals surface area contributed by atoms with Gasteiger partial charge in [-0.2, -0.15) is 0 Å². The van der Waals surface area contributed by atoms with Crippen LogP contribution in [0, 0.1) is 0 Å². The second-order valence-corrected chi connectivity index (χ2v) is 3.63. The molecule has 0 bridgehead atoms. The van der Waals surface area contributed by atoms with Crippen molar-refractivity contribution >= 4 is 6.29 Å². The van der Waals surface area contributed by atoms with E-state index in [9.17, 15) is 4.79 Å². The third-order valence-corrected chi connectivity index (χ3v) is 2.41. The average Bonchev–Trinajstić information content (AvgIpc) is 2.19. The molecule has 14 heavy (non-hydrogen) atoms. The van der Waals surface area contributed by atoms with E-state index in [2.05, 4.69) is 12.2 Å². The maximum atomic E-state index is 10.7. The van der Waals surface area contributed by atoms with Gasteiger partial charge in [0.2, 0.25) is 0 Å². The number of hydrogen-bond donors (Lipinski definition) is 0. The molecule has 1 rings (SSSR count). The lowest BCUT2D eigenvalue weighted by Gasteiger charge is -2.00. The summed E-state index contributed by atoms with van der Waals surface area (Å²) in [4.78, 5) is 10.7. The van der Waals surface area contributed by atoms with Crippen molar-refractivity contribution in [3.8, 4) is 0 Å². The Bertz CT molecular complexity index is 246. The maximum Gasteiger partial charge on any atom is 0.146 e. The van der Waals surface area contributed by atoms with Crippen LogP contribution in [0.1, 0.15) is 38.5 Å². The normalized spacial score (nSPS) is 23.0. The molecule has 0 aromatic heterocycles. The number of carbonyl (C=O) groups is 1. The summed E-state index contributed by atoms with van der Waals surface area (Å²) in [5.74, 6) is 0. The van der Waals surface area contributed by atoms with Gasteiger partial charge in [-0.1, -0.05) is 43.2 Å². The first-order valence-corrected chi connectivity index (χ1v) is 5.41. The summed E-state index contributed by atoms with van der Waals surface area (Å²) in [5.41, 5.74) is 0.912. The second kappa shape index (κ2) is 7.31. The first-order valence-electron chi connectivity index (χ1n) is 5.41. The van der Waals surface area contributed by atoms with Gasteiger partial charge in [-0.3, -0.25) is 4.79 Å². The molecule has 0 N–H and O–H groups in total. The Morgan fingerprint density at radius 2 is 1.86 bits per heavy atom. The Morgan fingerprint density at radius 3 is 2.71 bits per heavy atom. The Kier molecular flexibility index (Phi) is 5.73. The Morgan fingerprint density at radius 1 is 1.00 bits per heavy atom. The molecule has 0 aliphatic heterocycles. The third kappa shape index (κ3) is 4.80. The second-order valence-electron chi connectivity index (χ2n) is 3.63. The molecule has 0 radical (unpaired) electrons. The Hall–Kier alpha value is -1.11. The zero-order chi connectivity index (χ0) is 10.1. The zero-order valence-electron chi connectivity index (χ0n) is 8.61. The molecule has 0 unspecified atom stereocenters. The first kappa shape index (κ1) is 11.0. The minimum absolute atomic E-state index is 0.912. The lowest BCUT2D eigenvalue weighted by Crippen LogP contribution is -1.86. The smallest absolute Gasteiger partial charge is 0.146 e. The predicted molar refractivity (Wildman–Crippen MR) is 60.1 cm³/mol. The Balaban J connectivity index is 2.54. The topological polar surface area (TPSA) is 17.1 Å². The quantitative estimate of drug-likeness (QED) is 0.578. The summed E-state index contributed by atoms with van der Waals surface area (Å²) in [6, 6.07) is 0. The number of hydrogen-bond acceptors (Lipinski definition) is 1. The highest BCUT2D eigenvalue weighted by Crippen LogP contribution is 2.11. The third-order valence-electron chi connectivity index (χ3n) is 2.41. The van der Waals surface area contributed by atoms with E-state index in [1.54, 1.807) is 0 Å². The van der Waals surface area contributed by atoms with Crippen LogP contribution in [0.3, 0.4) is 0 Å². The molecule has 0 heterocycles. The van der Waals surface area contributed by atoms with Crippen molar-refractivity contribution in [1.82, 2.24) is 0 Å². The highest BCUT2D eigenvalue weighted by Gasteiger charge is 1.95. The van der Waals surface area contributed by atoms with E-state index in [1.165, 1.54) is 25.7 Å². The molecule has 0 atom stereocenters. The average molecular weight is 190 g/mol. The van der Waals surface area contributed by atoms with Crippen LogP contribution < -0.4 is 0 Å². The molecule has 1 nitrogen and oxygen atoms in total. The van der Waals surface area contributed by atoms with Crippen molar-refractivity contribution in [2.24, 2.45) is 0 Å². The van der Waals surface area contributed by atoms with Gasteiger partial charge in [0.05, 0.1) is 0 Å². The molecular weight excluding hydrogens is 172 g/mol. The van der Waals surface area contributed by atoms with Crippen LogP contribution in [0.15, 0.2) is 36.0 Å². The van der Waals surface area contributed by atoms with Crippen LogP contribution >= 0.6 is 0 Å². The van der Waals surface area contributed by atoms with Gasteiger partial charge in [0.25, 0.3) is 0 Å². The molecule has 1 aliphatic rings. The molecule has 76 valence electrons. The number of allylic oxidation sites excluding steroid dienone is 6. The van der Waals surface area contributed by atoms with E-state index in [0.29, 0.717) is 0 Å². The minimum atomic E-state index is 0.912. The van der Waals surface area contributed by atoms with Crippen LogP contribution in [0.4, 0.5) is 0 Å². The molecule has 0 fully saturated rings. The molecule has 1 aliphatic carbocycles. The van der Waals surface area contributed by atoms with Crippen molar-refractivity contribution in [3.05, 3.63) is 36.0 Å². The SMILES string of the molecule is O=C/C1=C\C=CC=CCCCCCC1. The molecule has 0 aromatic carbocycles. The van der Waals surface area contributed by atoms with E-state index < -0.39 is 0 Å². The molecule has 0 saturated heterocycles. The van der Waals surface area contributed by atoms with Crippen molar-refractivity contribution in [3.63, 3.8) is 0 Å². The highest BCUT2D eigenvalue weighted by molar-refractivity contribution is 5.73. The number of aldehydes is 1. The number of rotatable bonds is 1.